The molecule has 0 atom stereocenters. The zero-order valence-electron chi connectivity index (χ0n) is 16.9. The zero-order chi connectivity index (χ0) is 19.8. The molecule has 5 nitrogen and oxygen atoms in total. The fourth-order valence-corrected chi connectivity index (χ4v) is 3.55. The summed E-state index contributed by atoms with van der Waals surface area (Å²) in [6.45, 7) is 8.52. The number of piperazine rings is 1. The third-order valence-electron chi connectivity index (χ3n) is 5.08. The van der Waals surface area contributed by atoms with Gasteiger partial charge in [0.05, 0.1) is 0 Å². The summed E-state index contributed by atoms with van der Waals surface area (Å²) in [5.41, 5.74) is 3.70. The molecule has 1 aromatic heterocycles. The SMILES string of the molecule is CCC=CCC(=O)NCc1cccnc1N1CCN(c2ccccc2C)CC1. The second-order valence-corrected chi connectivity index (χ2v) is 7.11. The second kappa shape index (κ2) is 9.93. The van der Waals surface area contributed by atoms with E-state index in [1.54, 1.807) is 0 Å². The highest BCUT2D eigenvalue weighted by atomic mass is 16.1. The molecule has 28 heavy (non-hydrogen) atoms. The van der Waals surface area contributed by atoms with Gasteiger partial charge in [-0.3, -0.25) is 4.79 Å². The first-order chi connectivity index (χ1) is 13.7. The maximum atomic E-state index is 12.0. The summed E-state index contributed by atoms with van der Waals surface area (Å²) in [5.74, 6) is 1.03. The Bertz CT molecular complexity index is 810. The minimum absolute atomic E-state index is 0.0453. The number of nitrogens with one attached hydrogen (secondary N) is 1. The van der Waals surface area contributed by atoms with Gasteiger partial charge in [0.1, 0.15) is 5.82 Å². The lowest BCUT2D eigenvalue weighted by molar-refractivity contribution is -0.120. The number of pyridine rings is 1. The standard InChI is InChI=1S/C23H30N4O/c1-3-4-5-12-22(28)25-18-20-10-8-13-24-23(20)27-16-14-26(15-17-27)21-11-7-6-9-19(21)2/h4-11,13H,3,12,14-18H2,1-2H3,(H,25,28). The van der Waals surface area contributed by atoms with Crippen molar-refractivity contribution in [2.24, 2.45) is 0 Å². The highest BCUT2D eigenvalue weighted by Crippen LogP contribution is 2.24. The molecule has 1 amide bonds. The first-order valence-electron chi connectivity index (χ1n) is 10.1. The van der Waals surface area contributed by atoms with Gasteiger partial charge in [0.15, 0.2) is 0 Å². The van der Waals surface area contributed by atoms with Crippen molar-refractivity contribution >= 4 is 17.4 Å². The number of benzene rings is 1. The molecule has 1 aliphatic heterocycles. The number of anilines is 2. The Morgan fingerprint density at radius 3 is 2.57 bits per heavy atom. The van der Waals surface area contributed by atoms with Gasteiger partial charge in [0.25, 0.3) is 0 Å². The summed E-state index contributed by atoms with van der Waals surface area (Å²) in [5, 5.41) is 3.01. The van der Waals surface area contributed by atoms with Crippen LogP contribution in [0.25, 0.3) is 0 Å². The Labute approximate surface area is 168 Å². The van der Waals surface area contributed by atoms with Crippen molar-refractivity contribution in [1.29, 1.82) is 0 Å². The monoisotopic (exact) mass is 378 g/mol. The van der Waals surface area contributed by atoms with Gasteiger partial charge < -0.3 is 15.1 Å². The third-order valence-corrected chi connectivity index (χ3v) is 5.08. The van der Waals surface area contributed by atoms with Crippen LogP contribution >= 0.6 is 0 Å². The van der Waals surface area contributed by atoms with Crippen molar-refractivity contribution in [3.63, 3.8) is 0 Å². The van der Waals surface area contributed by atoms with E-state index in [1.165, 1.54) is 11.3 Å². The maximum Gasteiger partial charge on any atom is 0.224 e. The number of para-hydroxylation sites is 1. The van der Waals surface area contributed by atoms with Gasteiger partial charge in [0, 0.05) is 56.6 Å². The number of nitrogens with zero attached hydrogens (tertiary/aromatic N) is 3. The summed E-state index contributed by atoms with van der Waals surface area (Å²) < 4.78 is 0. The number of amides is 1. The van der Waals surface area contributed by atoms with E-state index in [1.807, 2.05) is 24.4 Å². The molecule has 0 aliphatic carbocycles. The average Bonchev–Trinajstić information content (AvgIpc) is 2.73. The van der Waals surface area contributed by atoms with Crippen LogP contribution in [0.3, 0.4) is 0 Å². The van der Waals surface area contributed by atoms with E-state index < -0.39 is 0 Å². The number of allylic oxidation sites excluding steroid dienone is 1. The van der Waals surface area contributed by atoms with E-state index in [2.05, 4.69) is 64.3 Å². The number of carbonyl (C=O) groups excluding carboxylic acids is 1. The lowest BCUT2D eigenvalue weighted by Gasteiger charge is -2.38. The Morgan fingerprint density at radius 2 is 1.82 bits per heavy atom. The van der Waals surface area contributed by atoms with Crippen LogP contribution in [0.15, 0.2) is 54.7 Å². The van der Waals surface area contributed by atoms with Crippen molar-refractivity contribution in [2.75, 3.05) is 36.0 Å². The van der Waals surface area contributed by atoms with Gasteiger partial charge in [-0.2, -0.15) is 0 Å². The first kappa shape index (κ1) is 19.9. The fraction of sp³-hybridized carbons (Fsp3) is 0.391. The topological polar surface area (TPSA) is 48.5 Å². The predicted octanol–water partition coefficient (Wildman–Crippen LogP) is 3.69. The minimum atomic E-state index is 0.0453. The smallest absolute Gasteiger partial charge is 0.224 e. The molecule has 1 fully saturated rings. The third kappa shape index (κ3) is 5.12. The second-order valence-electron chi connectivity index (χ2n) is 7.11. The lowest BCUT2D eigenvalue weighted by atomic mass is 10.1. The van der Waals surface area contributed by atoms with Crippen LogP contribution in [0.2, 0.25) is 0 Å². The van der Waals surface area contributed by atoms with E-state index in [-0.39, 0.29) is 5.91 Å². The number of hydrogen-bond donors (Lipinski definition) is 1. The average molecular weight is 379 g/mol. The molecule has 0 spiro atoms. The molecule has 2 aromatic rings. The van der Waals surface area contributed by atoms with Crippen LogP contribution < -0.4 is 15.1 Å². The van der Waals surface area contributed by atoms with Gasteiger partial charge in [-0.25, -0.2) is 4.98 Å². The number of rotatable bonds is 7. The number of aryl methyl sites for hydroxylation is 1. The molecule has 0 saturated carbocycles. The molecule has 3 rings (SSSR count). The maximum absolute atomic E-state index is 12.0. The van der Waals surface area contributed by atoms with E-state index in [9.17, 15) is 4.79 Å². The normalized spacial score (nSPS) is 14.5. The summed E-state index contributed by atoms with van der Waals surface area (Å²) in [4.78, 5) is 21.4. The van der Waals surface area contributed by atoms with Crippen LogP contribution in [0.1, 0.15) is 30.9 Å². The Balaban J connectivity index is 1.60. The molecule has 1 aromatic carbocycles. The lowest BCUT2D eigenvalue weighted by Crippen LogP contribution is -2.47. The molecule has 1 N–H and O–H groups in total. The van der Waals surface area contributed by atoms with Crippen molar-refractivity contribution in [3.05, 3.63) is 65.9 Å². The predicted molar refractivity (Wildman–Crippen MR) is 116 cm³/mol. The van der Waals surface area contributed by atoms with Crippen LogP contribution in [0.5, 0.6) is 0 Å². The Morgan fingerprint density at radius 1 is 1.07 bits per heavy atom. The van der Waals surface area contributed by atoms with Crippen molar-refractivity contribution in [2.45, 2.75) is 33.2 Å². The summed E-state index contributed by atoms with van der Waals surface area (Å²) >= 11 is 0. The van der Waals surface area contributed by atoms with Gasteiger partial charge in [-0.05, 0) is 31.0 Å². The Kier molecular flexibility index (Phi) is 7.06. The van der Waals surface area contributed by atoms with Gasteiger partial charge in [0.2, 0.25) is 5.91 Å². The van der Waals surface area contributed by atoms with E-state index in [0.717, 1.165) is 44.0 Å². The molecule has 0 bridgehead atoms. The number of hydrogen-bond acceptors (Lipinski definition) is 4. The van der Waals surface area contributed by atoms with Crippen LogP contribution in [-0.2, 0) is 11.3 Å². The molecule has 1 saturated heterocycles. The molecule has 148 valence electrons. The molecule has 5 heteroatoms. The van der Waals surface area contributed by atoms with Gasteiger partial charge >= 0.3 is 0 Å². The van der Waals surface area contributed by atoms with Crippen molar-refractivity contribution < 1.29 is 4.79 Å². The van der Waals surface area contributed by atoms with Crippen LogP contribution in [0.4, 0.5) is 11.5 Å². The Hall–Kier alpha value is -2.82. The summed E-state index contributed by atoms with van der Waals surface area (Å²) in [6.07, 6.45) is 7.15. The molecule has 1 aliphatic rings. The number of carbonyl (C=O) groups is 1. The van der Waals surface area contributed by atoms with Crippen molar-refractivity contribution in [1.82, 2.24) is 10.3 Å². The highest BCUT2D eigenvalue weighted by molar-refractivity contribution is 5.77. The first-order valence-corrected chi connectivity index (χ1v) is 10.1. The van der Waals surface area contributed by atoms with Gasteiger partial charge in [-0.1, -0.05) is 43.3 Å². The molecule has 2 heterocycles. The zero-order valence-corrected chi connectivity index (χ0v) is 16.9. The highest BCUT2D eigenvalue weighted by Gasteiger charge is 2.21. The largest absolute Gasteiger partial charge is 0.368 e. The van der Waals surface area contributed by atoms with Gasteiger partial charge in [-0.15, -0.1) is 0 Å². The summed E-state index contributed by atoms with van der Waals surface area (Å²) in [6, 6.07) is 12.5. The van der Waals surface area contributed by atoms with Crippen LogP contribution in [0, 0.1) is 6.92 Å². The van der Waals surface area contributed by atoms with Crippen LogP contribution in [-0.4, -0.2) is 37.1 Å². The quantitative estimate of drug-likeness (QED) is 0.747. The molecule has 0 unspecified atom stereocenters. The van der Waals surface area contributed by atoms with E-state index >= 15 is 0 Å². The van der Waals surface area contributed by atoms with Crippen molar-refractivity contribution in [3.8, 4) is 0 Å². The van der Waals surface area contributed by atoms with E-state index in [0.29, 0.717) is 13.0 Å². The van der Waals surface area contributed by atoms with E-state index in [4.69, 9.17) is 0 Å². The minimum Gasteiger partial charge on any atom is -0.368 e. The summed E-state index contributed by atoms with van der Waals surface area (Å²) in [7, 11) is 0. The molecule has 0 radical (unpaired) electrons. The molecular formula is C23H30N4O. The molecular weight excluding hydrogens is 348 g/mol. The number of aromatic nitrogens is 1. The fourth-order valence-electron chi connectivity index (χ4n) is 3.55.